The Kier molecular flexibility index (Phi) is 10.8. The van der Waals surface area contributed by atoms with Gasteiger partial charge >= 0.3 is 11.9 Å². The molecule has 3 aromatic carbocycles. The average Bonchev–Trinajstić information content (AvgIpc) is 2.90. The number of esters is 2. The average molecular weight is 491 g/mol. The molecule has 0 amide bonds. The molecule has 0 heterocycles. The number of unbranched alkanes of at least 4 members (excludes halogenated alkanes) is 5. The van der Waals surface area contributed by atoms with Gasteiger partial charge in [-0.1, -0.05) is 45.1 Å². The van der Waals surface area contributed by atoms with E-state index in [-0.39, 0.29) is 0 Å². The summed E-state index contributed by atoms with van der Waals surface area (Å²) in [6.45, 7) is 5.28. The number of hydrogen-bond donors (Lipinski definition) is 0. The van der Waals surface area contributed by atoms with Crippen LogP contribution in [-0.2, 0) is 0 Å². The van der Waals surface area contributed by atoms with E-state index < -0.39 is 11.9 Å². The van der Waals surface area contributed by atoms with Crippen molar-refractivity contribution in [3.63, 3.8) is 0 Å². The molecule has 0 atom stereocenters. The fraction of sp³-hybridized carbons (Fsp3) is 0.333. The summed E-state index contributed by atoms with van der Waals surface area (Å²) in [6, 6.07) is 20.0. The van der Waals surface area contributed by atoms with Crippen molar-refractivity contribution >= 4 is 11.9 Å². The maximum atomic E-state index is 12.5. The second kappa shape index (κ2) is 14.6. The summed E-state index contributed by atoms with van der Waals surface area (Å²) in [6.07, 6.45) is 7.29. The van der Waals surface area contributed by atoms with Gasteiger partial charge in [0, 0.05) is 0 Å². The minimum Gasteiger partial charge on any atom is -0.494 e. The Balaban J connectivity index is 1.45. The molecule has 6 heteroatoms. The molecule has 0 unspecified atom stereocenters. The topological polar surface area (TPSA) is 71.1 Å². The third kappa shape index (κ3) is 8.77. The Hall–Kier alpha value is -3.80. The van der Waals surface area contributed by atoms with Crippen LogP contribution in [0.1, 0.15) is 73.1 Å². The highest BCUT2D eigenvalue weighted by molar-refractivity contribution is 5.92. The van der Waals surface area contributed by atoms with Crippen molar-refractivity contribution in [3.8, 4) is 23.0 Å². The fourth-order valence-electron chi connectivity index (χ4n) is 3.55. The number of carbonyl (C=O) groups is 2. The fourth-order valence-corrected chi connectivity index (χ4v) is 3.55. The lowest BCUT2D eigenvalue weighted by molar-refractivity contribution is 0.0730. The van der Waals surface area contributed by atoms with E-state index in [1.165, 1.54) is 32.1 Å². The molecule has 6 nitrogen and oxygen atoms in total. The van der Waals surface area contributed by atoms with E-state index in [1.807, 2.05) is 6.92 Å². The molecule has 0 aliphatic rings. The largest absolute Gasteiger partial charge is 0.494 e. The van der Waals surface area contributed by atoms with Crippen molar-refractivity contribution < 1.29 is 28.5 Å². The molecule has 0 fully saturated rings. The zero-order chi connectivity index (χ0) is 25.6. The van der Waals surface area contributed by atoms with Gasteiger partial charge in [-0.05, 0) is 80.1 Å². The summed E-state index contributed by atoms with van der Waals surface area (Å²) in [5.41, 5.74) is 0.723. The SMILES string of the molecule is CCCCCCCCOc1ccc(OC(=O)c2ccc(OC(=O)c3cccc(OCC)c3)cc2)cc1. The molecule has 0 bridgehead atoms. The van der Waals surface area contributed by atoms with Gasteiger partial charge in [0.15, 0.2) is 0 Å². The van der Waals surface area contributed by atoms with E-state index in [1.54, 1.807) is 72.8 Å². The summed E-state index contributed by atoms with van der Waals surface area (Å²) in [7, 11) is 0. The molecule has 0 saturated heterocycles. The maximum Gasteiger partial charge on any atom is 0.343 e. The predicted octanol–water partition coefficient (Wildman–Crippen LogP) is 7.26. The van der Waals surface area contributed by atoms with Gasteiger partial charge < -0.3 is 18.9 Å². The molecule has 36 heavy (non-hydrogen) atoms. The second-order valence-electron chi connectivity index (χ2n) is 8.35. The van der Waals surface area contributed by atoms with E-state index in [0.717, 1.165) is 12.2 Å². The Morgan fingerprint density at radius 3 is 1.83 bits per heavy atom. The van der Waals surface area contributed by atoms with Crippen LogP contribution in [0, 0.1) is 0 Å². The molecule has 0 N–H and O–H groups in total. The first-order valence-electron chi connectivity index (χ1n) is 12.6. The van der Waals surface area contributed by atoms with Crippen molar-refractivity contribution in [2.24, 2.45) is 0 Å². The quantitative estimate of drug-likeness (QED) is 0.134. The van der Waals surface area contributed by atoms with E-state index >= 15 is 0 Å². The molecule has 0 spiro atoms. The van der Waals surface area contributed by atoms with Gasteiger partial charge in [-0.25, -0.2) is 9.59 Å². The molecule has 0 radical (unpaired) electrons. The molecule has 0 aromatic heterocycles. The summed E-state index contributed by atoms with van der Waals surface area (Å²) in [5.74, 6) is 1.09. The van der Waals surface area contributed by atoms with Crippen LogP contribution < -0.4 is 18.9 Å². The Morgan fingerprint density at radius 2 is 1.17 bits per heavy atom. The molecule has 3 rings (SSSR count). The van der Waals surface area contributed by atoms with Crippen LogP contribution in [0.15, 0.2) is 72.8 Å². The predicted molar refractivity (Wildman–Crippen MR) is 139 cm³/mol. The van der Waals surface area contributed by atoms with E-state index in [0.29, 0.717) is 41.6 Å². The number of ether oxygens (including phenoxy) is 4. The van der Waals surface area contributed by atoms with Gasteiger partial charge in [-0.3, -0.25) is 0 Å². The highest BCUT2D eigenvalue weighted by Gasteiger charge is 2.12. The van der Waals surface area contributed by atoms with Gasteiger partial charge in [0.25, 0.3) is 0 Å². The first kappa shape index (κ1) is 26.8. The number of hydrogen-bond acceptors (Lipinski definition) is 6. The summed E-state index contributed by atoms with van der Waals surface area (Å²) < 4.78 is 22.0. The van der Waals surface area contributed by atoms with Gasteiger partial charge in [0.05, 0.1) is 24.3 Å². The summed E-state index contributed by atoms with van der Waals surface area (Å²) in [4.78, 5) is 24.9. The maximum absolute atomic E-state index is 12.5. The minimum atomic E-state index is -0.509. The van der Waals surface area contributed by atoms with E-state index in [4.69, 9.17) is 18.9 Å². The molecule has 190 valence electrons. The monoisotopic (exact) mass is 490 g/mol. The Bertz CT molecular complexity index is 1090. The van der Waals surface area contributed by atoms with Crippen LogP contribution in [0.3, 0.4) is 0 Å². The van der Waals surface area contributed by atoms with Crippen molar-refractivity contribution in [1.82, 2.24) is 0 Å². The van der Waals surface area contributed by atoms with Gasteiger partial charge in [0.1, 0.15) is 23.0 Å². The standard InChI is InChI=1S/C30H34O6/c1-3-5-6-7-8-9-21-34-25-17-19-27(20-18-25)35-29(31)23-13-15-26(16-14-23)36-30(32)24-11-10-12-28(22-24)33-4-2/h10-20,22H,3-9,21H2,1-2H3. The normalized spacial score (nSPS) is 10.5. The minimum absolute atomic E-state index is 0.324. The van der Waals surface area contributed by atoms with Crippen molar-refractivity contribution in [2.75, 3.05) is 13.2 Å². The summed E-state index contributed by atoms with van der Waals surface area (Å²) >= 11 is 0. The molecular formula is C30H34O6. The number of carbonyl (C=O) groups excluding carboxylic acids is 2. The lowest BCUT2D eigenvalue weighted by Gasteiger charge is -2.09. The lowest BCUT2D eigenvalue weighted by atomic mass is 10.1. The van der Waals surface area contributed by atoms with Crippen LogP contribution in [0.5, 0.6) is 23.0 Å². The van der Waals surface area contributed by atoms with Gasteiger partial charge in [0.2, 0.25) is 0 Å². The summed E-state index contributed by atoms with van der Waals surface area (Å²) in [5, 5.41) is 0. The molecule has 0 aliphatic heterocycles. The zero-order valence-electron chi connectivity index (χ0n) is 21.0. The van der Waals surface area contributed by atoms with Crippen LogP contribution in [0.4, 0.5) is 0 Å². The van der Waals surface area contributed by atoms with Crippen molar-refractivity contribution in [2.45, 2.75) is 52.4 Å². The molecule has 3 aromatic rings. The van der Waals surface area contributed by atoms with Gasteiger partial charge in [-0.15, -0.1) is 0 Å². The Morgan fingerprint density at radius 1 is 0.583 bits per heavy atom. The number of benzene rings is 3. The first-order chi connectivity index (χ1) is 17.6. The van der Waals surface area contributed by atoms with Crippen LogP contribution in [0.25, 0.3) is 0 Å². The van der Waals surface area contributed by atoms with Crippen molar-refractivity contribution in [3.05, 3.63) is 83.9 Å². The van der Waals surface area contributed by atoms with E-state index in [2.05, 4.69) is 6.92 Å². The third-order valence-electron chi connectivity index (χ3n) is 5.48. The lowest BCUT2D eigenvalue weighted by Crippen LogP contribution is -2.10. The van der Waals surface area contributed by atoms with Crippen LogP contribution in [0.2, 0.25) is 0 Å². The zero-order valence-corrected chi connectivity index (χ0v) is 21.0. The first-order valence-corrected chi connectivity index (χ1v) is 12.6. The van der Waals surface area contributed by atoms with Crippen molar-refractivity contribution in [1.29, 1.82) is 0 Å². The van der Waals surface area contributed by atoms with Crippen LogP contribution >= 0.6 is 0 Å². The molecule has 0 aliphatic carbocycles. The smallest absolute Gasteiger partial charge is 0.343 e. The van der Waals surface area contributed by atoms with E-state index in [9.17, 15) is 9.59 Å². The Labute approximate surface area is 213 Å². The van der Waals surface area contributed by atoms with Gasteiger partial charge in [-0.2, -0.15) is 0 Å². The highest BCUT2D eigenvalue weighted by Crippen LogP contribution is 2.21. The third-order valence-corrected chi connectivity index (χ3v) is 5.48. The number of rotatable bonds is 14. The molecular weight excluding hydrogens is 456 g/mol. The van der Waals surface area contributed by atoms with Crippen LogP contribution in [-0.4, -0.2) is 25.2 Å². The molecule has 0 saturated carbocycles. The highest BCUT2D eigenvalue weighted by atomic mass is 16.5. The second-order valence-corrected chi connectivity index (χ2v) is 8.35.